The predicted molar refractivity (Wildman–Crippen MR) is 93.6 cm³/mol. The SMILES string of the molecule is C#CCSc1nc2c(c(=O)[nH]1)C(c1cccc(Br)c1)CC(=O)N2. The number of terminal acetylenes is 1. The highest BCUT2D eigenvalue weighted by Crippen LogP contribution is 2.35. The van der Waals surface area contributed by atoms with Crippen LogP contribution in [0.5, 0.6) is 0 Å². The molecule has 0 spiro atoms. The number of nitrogens with zero attached hydrogens (tertiary/aromatic N) is 1. The first-order chi connectivity index (χ1) is 11.1. The van der Waals surface area contributed by atoms with Gasteiger partial charge in [0.05, 0.1) is 11.3 Å². The average molecular weight is 390 g/mol. The van der Waals surface area contributed by atoms with Crippen molar-refractivity contribution in [2.75, 3.05) is 11.1 Å². The van der Waals surface area contributed by atoms with E-state index in [0.29, 0.717) is 22.3 Å². The fourth-order valence-electron chi connectivity index (χ4n) is 2.54. The average Bonchev–Trinajstić information content (AvgIpc) is 2.51. The lowest BCUT2D eigenvalue weighted by Crippen LogP contribution is -2.31. The topological polar surface area (TPSA) is 74.8 Å². The molecule has 1 unspecified atom stereocenters. The van der Waals surface area contributed by atoms with E-state index in [1.54, 1.807) is 0 Å². The number of amides is 1. The maximum atomic E-state index is 12.5. The second-order valence-corrected chi connectivity index (χ2v) is 6.87. The second kappa shape index (κ2) is 6.60. The maximum Gasteiger partial charge on any atom is 0.257 e. The van der Waals surface area contributed by atoms with Gasteiger partial charge in [0, 0.05) is 16.8 Å². The van der Waals surface area contributed by atoms with Crippen LogP contribution in [0, 0.1) is 12.3 Å². The minimum Gasteiger partial charge on any atom is -0.310 e. The highest BCUT2D eigenvalue weighted by molar-refractivity contribution is 9.10. The third kappa shape index (κ3) is 3.33. The zero-order valence-corrected chi connectivity index (χ0v) is 14.3. The monoisotopic (exact) mass is 389 g/mol. The van der Waals surface area contributed by atoms with E-state index in [2.05, 4.69) is 37.1 Å². The molecule has 2 N–H and O–H groups in total. The number of aromatic amines is 1. The van der Waals surface area contributed by atoms with Crippen molar-refractivity contribution in [2.45, 2.75) is 17.5 Å². The standard InChI is InChI=1S/C16H12BrN3O2S/c1-2-6-23-16-19-14-13(15(22)20-16)11(8-12(21)18-14)9-4-3-5-10(17)7-9/h1,3-5,7,11H,6,8H2,(H2,18,19,20,21,22). The summed E-state index contributed by atoms with van der Waals surface area (Å²) in [5, 5.41) is 3.09. The number of hydrogen-bond donors (Lipinski definition) is 2. The van der Waals surface area contributed by atoms with Crippen molar-refractivity contribution >= 4 is 39.4 Å². The minimum absolute atomic E-state index is 0.159. The normalized spacial score (nSPS) is 16.3. The van der Waals surface area contributed by atoms with Crippen LogP contribution in [0.3, 0.4) is 0 Å². The van der Waals surface area contributed by atoms with E-state index in [9.17, 15) is 9.59 Å². The van der Waals surface area contributed by atoms with Crippen molar-refractivity contribution < 1.29 is 4.79 Å². The van der Waals surface area contributed by atoms with Crippen LogP contribution in [0.15, 0.2) is 38.7 Å². The fraction of sp³-hybridized carbons (Fsp3) is 0.188. The lowest BCUT2D eigenvalue weighted by Gasteiger charge is -2.24. The molecule has 1 aliphatic heterocycles. The molecular weight excluding hydrogens is 378 g/mol. The first kappa shape index (κ1) is 15.8. The molecule has 116 valence electrons. The summed E-state index contributed by atoms with van der Waals surface area (Å²) in [6.45, 7) is 0. The van der Waals surface area contributed by atoms with Gasteiger partial charge in [-0.2, -0.15) is 0 Å². The molecule has 0 bridgehead atoms. The van der Waals surface area contributed by atoms with Crippen LogP contribution < -0.4 is 10.9 Å². The Balaban J connectivity index is 2.09. The summed E-state index contributed by atoms with van der Waals surface area (Å²) in [7, 11) is 0. The van der Waals surface area contributed by atoms with Crippen LogP contribution in [-0.4, -0.2) is 21.6 Å². The molecule has 2 heterocycles. The van der Waals surface area contributed by atoms with E-state index in [1.165, 1.54) is 11.8 Å². The number of carbonyl (C=O) groups is 1. The van der Waals surface area contributed by atoms with Crippen LogP contribution in [0.4, 0.5) is 5.82 Å². The van der Waals surface area contributed by atoms with E-state index >= 15 is 0 Å². The van der Waals surface area contributed by atoms with Gasteiger partial charge in [-0.3, -0.25) is 9.59 Å². The van der Waals surface area contributed by atoms with Gasteiger partial charge in [0.25, 0.3) is 5.56 Å². The van der Waals surface area contributed by atoms with Crippen molar-refractivity contribution in [1.82, 2.24) is 9.97 Å². The van der Waals surface area contributed by atoms with E-state index in [0.717, 1.165) is 10.0 Å². The van der Waals surface area contributed by atoms with Gasteiger partial charge in [-0.05, 0) is 17.7 Å². The Hall–Kier alpha value is -2.04. The number of nitrogens with one attached hydrogen (secondary N) is 2. The highest BCUT2D eigenvalue weighted by Gasteiger charge is 2.30. The zero-order chi connectivity index (χ0) is 16.4. The summed E-state index contributed by atoms with van der Waals surface area (Å²) in [6.07, 6.45) is 5.44. The Labute approximate surface area is 145 Å². The highest BCUT2D eigenvalue weighted by atomic mass is 79.9. The van der Waals surface area contributed by atoms with Crippen molar-refractivity contribution in [3.63, 3.8) is 0 Å². The largest absolute Gasteiger partial charge is 0.310 e. The third-order valence-corrected chi connectivity index (χ3v) is 4.74. The molecule has 1 aliphatic rings. The lowest BCUT2D eigenvalue weighted by molar-refractivity contribution is -0.116. The molecule has 1 amide bonds. The number of carbonyl (C=O) groups excluding carboxylic acids is 1. The zero-order valence-electron chi connectivity index (χ0n) is 11.9. The summed E-state index contributed by atoms with van der Waals surface area (Å²) in [5.41, 5.74) is 1.12. The van der Waals surface area contributed by atoms with Gasteiger partial charge in [0.2, 0.25) is 5.91 Å². The number of thioether (sulfide) groups is 1. The Bertz CT molecular complexity index is 872. The summed E-state index contributed by atoms with van der Waals surface area (Å²) in [6, 6.07) is 7.59. The summed E-state index contributed by atoms with van der Waals surface area (Å²) in [5.74, 6) is 2.70. The van der Waals surface area contributed by atoms with Crippen LogP contribution in [0.25, 0.3) is 0 Å². The van der Waals surface area contributed by atoms with Crippen LogP contribution in [0.2, 0.25) is 0 Å². The quantitative estimate of drug-likeness (QED) is 0.480. The molecule has 1 aromatic carbocycles. The van der Waals surface area contributed by atoms with Crippen molar-refractivity contribution in [3.05, 3.63) is 50.2 Å². The van der Waals surface area contributed by atoms with Crippen LogP contribution in [0.1, 0.15) is 23.5 Å². The Morgan fingerprint density at radius 3 is 3.00 bits per heavy atom. The number of anilines is 1. The molecule has 0 saturated carbocycles. The van der Waals surface area contributed by atoms with Gasteiger partial charge in [0.1, 0.15) is 5.82 Å². The van der Waals surface area contributed by atoms with Gasteiger partial charge in [-0.15, -0.1) is 6.42 Å². The number of halogens is 1. The summed E-state index contributed by atoms with van der Waals surface area (Å²) >= 11 is 4.66. The molecule has 1 atom stereocenters. The van der Waals surface area contributed by atoms with Gasteiger partial charge in [-0.1, -0.05) is 45.7 Å². The van der Waals surface area contributed by atoms with Gasteiger partial charge >= 0.3 is 0 Å². The van der Waals surface area contributed by atoms with Crippen molar-refractivity contribution in [1.29, 1.82) is 0 Å². The number of rotatable bonds is 3. The first-order valence-electron chi connectivity index (χ1n) is 6.84. The van der Waals surface area contributed by atoms with Gasteiger partial charge < -0.3 is 10.3 Å². The summed E-state index contributed by atoms with van der Waals surface area (Å²) in [4.78, 5) is 31.6. The minimum atomic E-state index is -0.320. The Kier molecular flexibility index (Phi) is 4.55. The molecule has 0 saturated heterocycles. The first-order valence-corrected chi connectivity index (χ1v) is 8.62. The smallest absolute Gasteiger partial charge is 0.257 e. The summed E-state index contributed by atoms with van der Waals surface area (Å²) < 4.78 is 0.896. The molecule has 1 aromatic heterocycles. The Morgan fingerprint density at radius 2 is 2.26 bits per heavy atom. The molecular formula is C16H12BrN3O2S. The number of benzene rings is 1. The molecule has 0 aliphatic carbocycles. The molecule has 3 rings (SSSR count). The van der Waals surface area contributed by atoms with Crippen molar-refractivity contribution in [2.24, 2.45) is 0 Å². The van der Waals surface area contributed by atoms with E-state index in [-0.39, 0.29) is 23.8 Å². The molecule has 5 nitrogen and oxygen atoms in total. The van der Waals surface area contributed by atoms with Gasteiger partial charge in [-0.25, -0.2) is 4.98 Å². The molecule has 0 fully saturated rings. The van der Waals surface area contributed by atoms with Crippen LogP contribution in [-0.2, 0) is 4.79 Å². The van der Waals surface area contributed by atoms with Crippen molar-refractivity contribution in [3.8, 4) is 12.3 Å². The third-order valence-electron chi connectivity index (χ3n) is 3.47. The van der Waals surface area contributed by atoms with E-state index < -0.39 is 0 Å². The molecule has 23 heavy (non-hydrogen) atoms. The van der Waals surface area contributed by atoms with E-state index in [1.807, 2.05) is 24.3 Å². The van der Waals surface area contributed by atoms with Gasteiger partial charge in [0.15, 0.2) is 5.16 Å². The number of H-pyrrole nitrogens is 1. The fourth-order valence-corrected chi connectivity index (χ4v) is 3.49. The number of fused-ring (bicyclic) bond motifs is 1. The maximum absolute atomic E-state index is 12.5. The lowest BCUT2D eigenvalue weighted by atomic mass is 9.87. The van der Waals surface area contributed by atoms with E-state index in [4.69, 9.17) is 6.42 Å². The molecule has 7 heteroatoms. The number of hydrogen-bond acceptors (Lipinski definition) is 4. The Morgan fingerprint density at radius 1 is 1.43 bits per heavy atom. The second-order valence-electron chi connectivity index (χ2n) is 4.99. The predicted octanol–water partition coefficient (Wildman–Crippen LogP) is 2.73. The van der Waals surface area contributed by atoms with Crippen LogP contribution >= 0.6 is 27.7 Å². The number of aromatic nitrogens is 2. The molecule has 2 aromatic rings. The molecule has 0 radical (unpaired) electrons.